The van der Waals surface area contributed by atoms with E-state index in [0.29, 0.717) is 22.3 Å². The van der Waals surface area contributed by atoms with E-state index < -0.39 is 0 Å². The van der Waals surface area contributed by atoms with Gasteiger partial charge in [-0.15, -0.1) is 5.10 Å². The third-order valence-electron chi connectivity index (χ3n) is 3.01. The van der Waals surface area contributed by atoms with Gasteiger partial charge >= 0.3 is 0 Å². The average Bonchev–Trinajstić information content (AvgIpc) is 3.04. The SMILES string of the molecule is Clc1ccc(N/N=C\Cc2nnnn2-c2ccccc2)cc1Cl. The van der Waals surface area contributed by atoms with Crippen molar-refractivity contribution in [3.63, 3.8) is 0 Å². The molecule has 1 aromatic heterocycles. The number of nitrogens with one attached hydrogen (secondary N) is 1. The lowest BCUT2D eigenvalue weighted by Crippen LogP contribution is -2.04. The Morgan fingerprint density at radius 1 is 1.09 bits per heavy atom. The van der Waals surface area contributed by atoms with E-state index in [2.05, 4.69) is 26.1 Å². The molecule has 0 saturated heterocycles. The third-order valence-corrected chi connectivity index (χ3v) is 3.75. The monoisotopic (exact) mass is 346 g/mol. The number of para-hydroxylation sites is 1. The molecule has 0 aliphatic rings. The van der Waals surface area contributed by atoms with Crippen molar-refractivity contribution < 1.29 is 0 Å². The van der Waals surface area contributed by atoms with Crippen molar-refractivity contribution >= 4 is 35.1 Å². The maximum atomic E-state index is 5.94. The van der Waals surface area contributed by atoms with Gasteiger partial charge in [-0.05, 0) is 40.8 Å². The van der Waals surface area contributed by atoms with Gasteiger partial charge in [-0.1, -0.05) is 41.4 Å². The number of tetrazole rings is 1. The molecular formula is C15H12Cl2N6. The Hall–Kier alpha value is -2.44. The Kier molecular flexibility index (Phi) is 4.85. The normalized spacial score (nSPS) is 11.0. The van der Waals surface area contributed by atoms with E-state index in [4.69, 9.17) is 23.2 Å². The minimum atomic E-state index is 0.472. The van der Waals surface area contributed by atoms with Crippen molar-refractivity contribution in [1.29, 1.82) is 0 Å². The van der Waals surface area contributed by atoms with Crippen LogP contribution in [-0.2, 0) is 6.42 Å². The molecule has 0 unspecified atom stereocenters. The van der Waals surface area contributed by atoms with Gasteiger partial charge in [0.2, 0.25) is 0 Å². The molecule has 0 aliphatic carbocycles. The number of rotatable bonds is 5. The van der Waals surface area contributed by atoms with E-state index in [1.54, 1.807) is 29.1 Å². The van der Waals surface area contributed by atoms with Crippen molar-refractivity contribution in [1.82, 2.24) is 20.2 Å². The Labute approximate surface area is 142 Å². The van der Waals surface area contributed by atoms with Gasteiger partial charge in [0.25, 0.3) is 0 Å². The molecule has 0 atom stereocenters. The van der Waals surface area contributed by atoms with Gasteiger partial charge < -0.3 is 0 Å². The molecule has 0 saturated carbocycles. The molecule has 2 aromatic carbocycles. The zero-order valence-corrected chi connectivity index (χ0v) is 13.4. The van der Waals surface area contributed by atoms with Gasteiger partial charge in [-0.2, -0.15) is 9.78 Å². The first-order chi connectivity index (χ1) is 11.2. The van der Waals surface area contributed by atoms with Crippen LogP contribution in [-0.4, -0.2) is 26.4 Å². The fourth-order valence-corrected chi connectivity index (χ4v) is 2.21. The predicted octanol–water partition coefficient (Wildman–Crippen LogP) is 3.61. The van der Waals surface area contributed by atoms with Crippen LogP contribution in [0.2, 0.25) is 10.0 Å². The lowest BCUT2D eigenvalue weighted by molar-refractivity contribution is 0.776. The lowest BCUT2D eigenvalue weighted by Gasteiger charge is -2.03. The smallest absolute Gasteiger partial charge is 0.162 e. The van der Waals surface area contributed by atoms with Crippen molar-refractivity contribution in [2.45, 2.75) is 6.42 Å². The molecular weight excluding hydrogens is 335 g/mol. The van der Waals surface area contributed by atoms with Gasteiger partial charge in [-0.3, -0.25) is 5.43 Å². The zero-order chi connectivity index (χ0) is 16.1. The lowest BCUT2D eigenvalue weighted by atomic mass is 10.3. The van der Waals surface area contributed by atoms with Crippen LogP contribution in [0.15, 0.2) is 53.6 Å². The molecule has 1 heterocycles. The van der Waals surface area contributed by atoms with Crippen LogP contribution < -0.4 is 5.43 Å². The van der Waals surface area contributed by atoms with Crippen molar-refractivity contribution in [2.24, 2.45) is 5.10 Å². The molecule has 8 heteroatoms. The highest BCUT2D eigenvalue weighted by atomic mass is 35.5. The summed E-state index contributed by atoms with van der Waals surface area (Å²) < 4.78 is 1.67. The summed E-state index contributed by atoms with van der Waals surface area (Å²) in [4.78, 5) is 0. The second kappa shape index (κ2) is 7.21. The summed E-state index contributed by atoms with van der Waals surface area (Å²) in [6, 6.07) is 14.9. The van der Waals surface area contributed by atoms with E-state index in [1.807, 2.05) is 30.3 Å². The minimum absolute atomic E-state index is 0.472. The van der Waals surface area contributed by atoms with E-state index in [0.717, 1.165) is 11.4 Å². The van der Waals surface area contributed by atoms with Gasteiger partial charge in [0, 0.05) is 12.6 Å². The van der Waals surface area contributed by atoms with Gasteiger partial charge in [0.15, 0.2) is 5.82 Å². The molecule has 0 fully saturated rings. The van der Waals surface area contributed by atoms with Crippen LogP contribution in [0.3, 0.4) is 0 Å². The Balaban J connectivity index is 1.65. The first-order valence-electron chi connectivity index (χ1n) is 6.79. The molecule has 3 rings (SSSR count). The Morgan fingerprint density at radius 3 is 2.70 bits per heavy atom. The zero-order valence-electron chi connectivity index (χ0n) is 11.9. The van der Waals surface area contributed by atoms with Crippen LogP contribution in [0.5, 0.6) is 0 Å². The maximum Gasteiger partial charge on any atom is 0.162 e. The Morgan fingerprint density at radius 2 is 1.91 bits per heavy atom. The number of nitrogens with zero attached hydrogens (tertiary/aromatic N) is 5. The van der Waals surface area contributed by atoms with E-state index in [-0.39, 0.29) is 0 Å². The second-order valence-corrected chi connectivity index (χ2v) is 5.41. The fraction of sp³-hybridized carbons (Fsp3) is 0.0667. The number of halogens is 2. The first-order valence-corrected chi connectivity index (χ1v) is 7.55. The van der Waals surface area contributed by atoms with Gasteiger partial charge in [0.1, 0.15) is 0 Å². The number of hydrazone groups is 1. The van der Waals surface area contributed by atoms with Crippen LogP contribution in [0, 0.1) is 0 Å². The predicted molar refractivity (Wildman–Crippen MR) is 91.4 cm³/mol. The largest absolute Gasteiger partial charge is 0.279 e. The molecule has 3 aromatic rings. The van der Waals surface area contributed by atoms with E-state index in [9.17, 15) is 0 Å². The number of hydrogen-bond acceptors (Lipinski definition) is 5. The van der Waals surface area contributed by atoms with Crippen LogP contribution >= 0.6 is 23.2 Å². The van der Waals surface area contributed by atoms with Gasteiger partial charge in [0.05, 0.1) is 21.4 Å². The van der Waals surface area contributed by atoms with Crippen molar-refractivity contribution in [3.8, 4) is 5.69 Å². The van der Waals surface area contributed by atoms with Crippen molar-refractivity contribution in [2.75, 3.05) is 5.43 Å². The molecule has 23 heavy (non-hydrogen) atoms. The number of anilines is 1. The summed E-state index contributed by atoms with van der Waals surface area (Å²) in [5.41, 5.74) is 4.53. The molecule has 1 N–H and O–H groups in total. The fourth-order valence-electron chi connectivity index (χ4n) is 1.92. The highest BCUT2D eigenvalue weighted by molar-refractivity contribution is 6.42. The molecule has 0 aliphatic heterocycles. The van der Waals surface area contributed by atoms with Gasteiger partial charge in [-0.25, -0.2) is 0 Å². The van der Waals surface area contributed by atoms with Crippen LogP contribution in [0.4, 0.5) is 5.69 Å². The summed E-state index contributed by atoms with van der Waals surface area (Å²) in [6.07, 6.45) is 2.17. The molecule has 0 bridgehead atoms. The number of aromatic nitrogens is 4. The van der Waals surface area contributed by atoms with Crippen LogP contribution in [0.1, 0.15) is 5.82 Å². The summed E-state index contributed by atoms with van der Waals surface area (Å²) >= 11 is 11.8. The van der Waals surface area contributed by atoms with Crippen LogP contribution in [0.25, 0.3) is 5.69 Å². The molecule has 0 spiro atoms. The highest BCUT2D eigenvalue weighted by Crippen LogP contribution is 2.24. The highest BCUT2D eigenvalue weighted by Gasteiger charge is 2.06. The summed E-state index contributed by atoms with van der Waals surface area (Å²) in [7, 11) is 0. The molecule has 6 nitrogen and oxygen atoms in total. The second-order valence-electron chi connectivity index (χ2n) is 4.60. The third kappa shape index (κ3) is 3.85. The summed E-state index contributed by atoms with van der Waals surface area (Å²) in [6.45, 7) is 0. The Bertz CT molecular complexity index is 816. The summed E-state index contributed by atoms with van der Waals surface area (Å²) in [5, 5.41) is 16.8. The minimum Gasteiger partial charge on any atom is -0.279 e. The number of hydrogen-bond donors (Lipinski definition) is 1. The standard InChI is InChI=1S/C15H12Cl2N6/c16-13-7-6-11(10-14(13)17)19-18-9-8-15-20-21-22-23(15)12-4-2-1-3-5-12/h1-7,9-10,19H,8H2/b18-9-. The first kappa shape index (κ1) is 15.5. The maximum absolute atomic E-state index is 5.94. The quantitative estimate of drug-likeness (QED) is 0.566. The van der Waals surface area contributed by atoms with Crippen molar-refractivity contribution in [3.05, 3.63) is 64.4 Å². The molecule has 0 amide bonds. The van der Waals surface area contributed by atoms with E-state index in [1.165, 1.54) is 0 Å². The average molecular weight is 347 g/mol. The molecule has 0 radical (unpaired) electrons. The topological polar surface area (TPSA) is 68.0 Å². The summed E-state index contributed by atoms with van der Waals surface area (Å²) in [5.74, 6) is 0.691. The number of benzene rings is 2. The molecule has 116 valence electrons. The van der Waals surface area contributed by atoms with E-state index >= 15 is 0 Å².